The Bertz CT molecular complexity index is 929. The predicted molar refractivity (Wildman–Crippen MR) is 102 cm³/mol. The fourth-order valence-electron chi connectivity index (χ4n) is 2.88. The van der Waals surface area contributed by atoms with Gasteiger partial charge >= 0.3 is 0 Å². The SMILES string of the molecule is COc1ccc(NC(C)=O)cc1S(=O)(=O)N[C@@H]1CCSc2ccccc21. The molecule has 26 heavy (non-hydrogen) atoms. The molecule has 6 nitrogen and oxygen atoms in total. The Kier molecular flexibility index (Phi) is 5.55. The van der Waals surface area contributed by atoms with Crippen LogP contribution in [-0.2, 0) is 14.8 Å². The van der Waals surface area contributed by atoms with E-state index in [1.165, 1.54) is 26.2 Å². The first-order valence-corrected chi connectivity index (χ1v) is 10.6. The highest BCUT2D eigenvalue weighted by Gasteiger charge is 2.28. The second-order valence-electron chi connectivity index (χ2n) is 5.90. The third-order valence-electron chi connectivity index (χ3n) is 4.03. The molecule has 2 aromatic carbocycles. The van der Waals surface area contributed by atoms with E-state index < -0.39 is 10.0 Å². The molecule has 0 saturated carbocycles. The second-order valence-corrected chi connectivity index (χ2v) is 8.71. The van der Waals surface area contributed by atoms with E-state index >= 15 is 0 Å². The third kappa shape index (κ3) is 4.03. The van der Waals surface area contributed by atoms with Crippen LogP contribution in [0.4, 0.5) is 5.69 Å². The Morgan fingerprint density at radius 2 is 2.00 bits per heavy atom. The molecule has 0 aliphatic carbocycles. The third-order valence-corrected chi connectivity index (χ3v) is 6.64. The number of nitrogens with one attached hydrogen (secondary N) is 2. The highest BCUT2D eigenvalue weighted by atomic mass is 32.2. The zero-order chi connectivity index (χ0) is 18.7. The van der Waals surface area contributed by atoms with E-state index in [2.05, 4.69) is 10.0 Å². The summed E-state index contributed by atoms with van der Waals surface area (Å²) in [6.45, 7) is 1.37. The largest absolute Gasteiger partial charge is 0.495 e. The maximum Gasteiger partial charge on any atom is 0.244 e. The fraction of sp³-hybridized carbons (Fsp3) is 0.278. The number of hydrogen-bond donors (Lipinski definition) is 2. The number of sulfonamides is 1. The van der Waals surface area contributed by atoms with Crippen molar-refractivity contribution in [2.75, 3.05) is 18.2 Å². The van der Waals surface area contributed by atoms with Crippen molar-refractivity contribution >= 4 is 33.4 Å². The van der Waals surface area contributed by atoms with E-state index in [1.807, 2.05) is 24.3 Å². The Morgan fingerprint density at radius 3 is 2.73 bits per heavy atom. The van der Waals surface area contributed by atoms with Crippen molar-refractivity contribution in [3.63, 3.8) is 0 Å². The summed E-state index contributed by atoms with van der Waals surface area (Å²) in [5.41, 5.74) is 1.38. The van der Waals surface area contributed by atoms with Crippen LogP contribution in [0.2, 0.25) is 0 Å². The molecule has 2 N–H and O–H groups in total. The summed E-state index contributed by atoms with van der Waals surface area (Å²) in [4.78, 5) is 12.4. The highest BCUT2D eigenvalue weighted by molar-refractivity contribution is 7.99. The lowest BCUT2D eigenvalue weighted by atomic mass is 10.1. The molecule has 0 unspecified atom stereocenters. The molecule has 3 rings (SSSR count). The van der Waals surface area contributed by atoms with Crippen LogP contribution in [0.1, 0.15) is 24.9 Å². The molecule has 0 radical (unpaired) electrons. The lowest BCUT2D eigenvalue weighted by Crippen LogP contribution is -2.31. The first kappa shape index (κ1) is 18.8. The summed E-state index contributed by atoms with van der Waals surface area (Å²) in [6.07, 6.45) is 0.703. The Balaban J connectivity index is 1.95. The molecular weight excluding hydrogens is 372 g/mol. The Labute approximate surface area is 157 Å². The van der Waals surface area contributed by atoms with Crippen LogP contribution < -0.4 is 14.8 Å². The maximum absolute atomic E-state index is 13.0. The first-order valence-electron chi connectivity index (χ1n) is 8.10. The number of anilines is 1. The molecule has 2 aromatic rings. The minimum Gasteiger partial charge on any atom is -0.495 e. The van der Waals surface area contributed by atoms with Gasteiger partial charge in [-0.1, -0.05) is 18.2 Å². The Morgan fingerprint density at radius 1 is 1.23 bits per heavy atom. The van der Waals surface area contributed by atoms with Crippen molar-refractivity contribution in [1.29, 1.82) is 0 Å². The summed E-state index contributed by atoms with van der Waals surface area (Å²) in [5.74, 6) is 0.794. The van der Waals surface area contributed by atoms with Gasteiger partial charge in [0.25, 0.3) is 0 Å². The lowest BCUT2D eigenvalue weighted by Gasteiger charge is -2.26. The van der Waals surface area contributed by atoms with Crippen LogP contribution in [0.15, 0.2) is 52.3 Å². The summed E-state index contributed by atoms with van der Waals surface area (Å²) >= 11 is 1.72. The molecule has 0 bridgehead atoms. The quantitative estimate of drug-likeness (QED) is 0.816. The predicted octanol–water partition coefficient (Wildman–Crippen LogP) is 3.17. The van der Waals surface area contributed by atoms with Gasteiger partial charge in [-0.2, -0.15) is 0 Å². The summed E-state index contributed by atoms with van der Waals surface area (Å²) in [5, 5.41) is 2.60. The maximum atomic E-state index is 13.0. The van der Waals surface area contributed by atoms with Gasteiger partial charge in [0.05, 0.1) is 7.11 Å². The van der Waals surface area contributed by atoms with Crippen molar-refractivity contribution in [2.45, 2.75) is 29.2 Å². The summed E-state index contributed by atoms with van der Waals surface area (Å²) in [6, 6.07) is 12.0. The summed E-state index contributed by atoms with van der Waals surface area (Å²) < 4.78 is 34.0. The van der Waals surface area contributed by atoms with E-state index in [0.29, 0.717) is 12.1 Å². The van der Waals surface area contributed by atoms with Gasteiger partial charge in [-0.05, 0) is 42.0 Å². The zero-order valence-corrected chi connectivity index (χ0v) is 16.1. The van der Waals surface area contributed by atoms with Crippen molar-refractivity contribution in [2.24, 2.45) is 0 Å². The van der Waals surface area contributed by atoms with E-state index in [0.717, 1.165) is 16.2 Å². The van der Waals surface area contributed by atoms with Crippen molar-refractivity contribution in [1.82, 2.24) is 4.72 Å². The zero-order valence-electron chi connectivity index (χ0n) is 14.5. The minimum absolute atomic E-state index is 0.00181. The van der Waals surface area contributed by atoms with Crippen LogP contribution in [-0.4, -0.2) is 27.2 Å². The number of carbonyl (C=O) groups is 1. The number of amides is 1. The molecule has 1 atom stereocenters. The van der Waals surface area contributed by atoms with Gasteiger partial charge in [-0.25, -0.2) is 13.1 Å². The number of fused-ring (bicyclic) bond motifs is 1. The number of thioether (sulfide) groups is 1. The fourth-order valence-corrected chi connectivity index (χ4v) is 5.45. The van der Waals surface area contributed by atoms with Gasteiger partial charge in [0.1, 0.15) is 10.6 Å². The molecule has 8 heteroatoms. The van der Waals surface area contributed by atoms with E-state index in [1.54, 1.807) is 17.8 Å². The smallest absolute Gasteiger partial charge is 0.244 e. The first-order chi connectivity index (χ1) is 12.4. The number of rotatable bonds is 5. The standard InChI is InChI=1S/C18H20N2O4S2/c1-12(21)19-13-7-8-16(24-2)18(11-13)26(22,23)20-15-9-10-25-17-6-4-3-5-14(15)17/h3-8,11,15,20H,9-10H2,1-2H3,(H,19,21)/t15-/m1/s1. The summed E-state index contributed by atoms with van der Waals surface area (Å²) in [7, 11) is -2.42. The van der Waals surface area contributed by atoms with Crippen molar-refractivity contribution in [3.8, 4) is 5.75 Å². The van der Waals surface area contributed by atoms with Gasteiger partial charge in [0, 0.05) is 23.5 Å². The average molecular weight is 393 g/mol. The second kappa shape index (κ2) is 7.69. The van der Waals surface area contributed by atoms with Gasteiger partial charge in [0.2, 0.25) is 15.9 Å². The lowest BCUT2D eigenvalue weighted by molar-refractivity contribution is -0.114. The number of carbonyl (C=O) groups excluding carboxylic acids is 1. The van der Waals surface area contributed by atoms with Crippen LogP contribution in [0.3, 0.4) is 0 Å². The molecule has 138 valence electrons. The average Bonchev–Trinajstić information content (AvgIpc) is 2.61. The molecule has 1 amide bonds. The molecule has 0 fully saturated rings. The topological polar surface area (TPSA) is 84.5 Å². The van der Waals surface area contributed by atoms with Crippen LogP contribution in [0.25, 0.3) is 0 Å². The normalized spacial score (nSPS) is 16.6. The van der Waals surface area contributed by atoms with Crippen molar-refractivity contribution in [3.05, 3.63) is 48.0 Å². The molecule has 0 saturated heterocycles. The number of benzene rings is 2. The molecular formula is C18H20N2O4S2. The van der Waals surface area contributed by atoms with Gasteiger partial charge in [-0.3, -0.25) is 4.79 Å². The Hall–Kier alpha value is -2.03. The van der Waals surface area contributed by atoms with Gasteiger partial charge < -0.3 is 10.1 Å². The van der Waals surface area contributed by atoms with Crippen LogP contribution in [0.5, 0.6) is 5.75 Å². The van der Waals surface area contributed by atoms with Crippen LogP contribution in [0, 0.1) is 0 Å². The van der Waals surface area contributed by atoms with E-state index in [9.17, 15) is 13.2 Å². The molecule has 0 aromatic heterocycles. The van der Waals surface area contributed by atoms with E-state index in [4.69, 9.17) is 4.74 Å². The number of hydrogen-bond acceptors (Lipinski definition) is 5. The van der Waals surface area contributed by atoms with Crippen molar-refractivity contribution < 1.29 is 17.9 Å². The van der Waals surface area contributed by atoms with Gasteiger partial charge in [-0.15, -0.1) is 11.8 Å². The minimum atomic E-state index is -3.84. The molecule has 1 aliphatic heterocycles. The molecule has 0 spiro atoms. The molecule has 1 heterocycles. The van der Waals surface area contributed by atoms with Crippen LogP contribution >= 0.6 is 11.8 Å². The molecule has 1 aliphatic rings. The monoisotopic (exact) mass is 392 g/mol. The number of methoxy groups -OCH3 is 1. The highest BCUT2D eigenvalue weighted by Crippen LogP contribution is 2.37. The van der Waals surface area contributed by atoms with E-state index in [-0.39, 0.29) is 22.6 Å². The number of ether oxygens (including phenoxy) is 1. The van der Waals surface area contributed by atoms with Gasteiger partial charge in [0.15, 0.2) is 0 Å².